The molecule has 0 aliphatic carbocycles. The first-order valence-corrected chi connectivity index (χ1v) is 7.79. The molecule has 0 radical (unpaired) electrons. The first kappa shape index (κ1) is 17.1. The molecule has 0 saturated heterocycles. The van der Waals surface area contributed by atoms with Crippen molar-refractivity contribution in [3.63, 3.8) is 0 Å². The van der Waals surface area contributed by atoms with Crippen molar-refractivity contribution in [2.24, 2.45) is 0 Å². The molecule has 0 saturated carbocycles. The van der Waals surface area contributed by atoms with Gasteiger partial charge >= 0.3 is 0 Å². The fourth-order valence-corrected chi connectivity index (χ4v) is 2.41. The minimum Gasteiger partial charge on any atom is -0.310 e. The summed E-state index contributed by atoms with van der Waals surface area (Å²) in [4.78, 5) is 0. The largest absolute Gasteiger partial charge is 0.310 e. The molecule has 1 nitrogen and oxygen atoms in total. The summed E-state index contributed by atoms with van der Waals surface area (Å²) in [6.07, 6.45) is 6.56. The summed E-state index contributed by atoms with van der Waals surface area (Å²) in [7, 11) is 0. The molecule has 20 heavy (non-hydrogen) atoms. The van der Waals surface area contributed by atoms with E-state index in [4.69, 9.17) is 0 Å². The Kier molecular flexibility index (Phi) is 7.75. The number of hydrogen-bond acceptors (Lipinski definition) is 1. The molecule has 1 unspecified atom stereocenters. The van der Waals surface area contributed by atoms with E-state index in [1.54, 1.807) is 13.0 Å². The summed E-state index contributed by atoms with van der Waals surface area (Å²) in [5.74, 6) is -0.899. The Morgan fingerprint density at radius 2 is 1.75 bits per heavy atom. The van der Waals surface area contributed by atoms with Gasteiger partial charge in [0.25, 0.3) is 0 Å². The van der Waals surface area contributed by atoms with Crippen molar-refractivity contribution in [3.05, 3.63) is 34.9 Å². The van der Waals surface area contributed by atoms with Gasteiger partial charge in [0.1, 0.15) is 11.6 Å². The van der Waals surface area contributed by atoms with Gasteiger partial charge < -0.3 is 5.32 Å². The van der Waals surface area contributed by atoms with Gasteiger partial charge in [0.15, 0.2) is 0 Å². The van der Waals surface area contributed by atoms with Gasteiger partial charge in [-0.1, -0.05) is 39.5 Å². The van der Waals surface area contributed by atoms with E-state index in [0.717, 1.165) is 31.9 Å². The zero-order chi connectivity index (χ0) is 15.0. The molecule has 114 valence electrons. The zero-order valence-electron chi connectivity index (χ0n) is 12.9. The number of benzene rings is 1. The quantitative estimate of drug-likeness (QED) is 0.608. The maximum absolute atomic E-state index is 14.0. The molecule has 0 aliphatic heterocycles. The maximum Gasteiger partial charge on any atom is 0.130 e. The van der Waals surface area contributed by atoms with Crippen LogP contribution in [0.1, 0.15) is 69.5 Å². The van der Waals surface area contributed by atoms with Crippen LogP contribution in [0.15, 0.2) is 12.1 Å². The number of aryl methyl sites for hydroxylation is 1. The van der Waals surface area contributed by atoms with E-state index in [9.17, 15) is 8.78 Å². The van der Waals surface area contributed by atoms with E-state index in [0.29, 0.717) is 11.1 Å². The summed E-state index contributed by atoms with van der Waals surface area (Å²) in [6.45, 7) is 6.81. The van der Waals surface area contributed by atoms with Crippen molar-refractivity contribution in [1.29, 1.82) is 0 Å². The summed E-state index contributed by atoms with van der Waals surface area (Å²) in [6, 6.07) is 2.65. The van der Waals surface area contributed by atoms with Crippen LogP contribution < -0.4 is 5.32 Å². The topological polar surface area (TPSA) is 12.0 Å². The van der Waals surface area contributed by atoms with Crippen molar-refractivity contribution in [2.45, 2.75) is 65.3 Å². The van der Waals surface area contributed by atoms with Crippen molar-refractivity contribution in [3.8, 4) is 0 Å². The number of rotatable bonds is 9. The average Bonchev–Trinajstić information content (AvgIpc) is 2.42. The molecule has 0 amide bonds. The highest BCUT2D eigenvalue weighted by Crippen LogP contribution is 2.25. The van der Waals surface area contributed by atoms with Gasteiger partial charge in [-0.15, -0.1) is 0 Å². The molecule has 0 aliphatic rings. The van der Waals surface area contributed by atoms with Crippen LogP contribution in [0.3, 0.4) is 0 Å². The van der Waals surface area contributed by atoms with Crippen LogP contribution in [-0.4, -0.2) is 6.54 Å². The van der Waals surface area contributed by atoms with Crippen LogP contribution >= 0.6 is 0 Å². The second-order valence-corrected chi connectivity index (χ2v) is 5.48. The van der Waals surface area contributed by atoms with Gasteiger partial charge in [-0.05, 0) is 37.9 Å². The average molecular weight is 283 g/mol. The molecule has 1 N–H and O–H groups in total. The third-order valence-electron chi connectivity index (χ3n) is 3.64. The third kappa shape index (κ3) is 5.20. The summed E-state index contributed by atoms with van der Waals surface area (Å²) in [5, 5.41) is 3.39. The molecule has 0 bridgehead atoms. The Labute approximate surface area is 121 Å². The molecule has 1 aromatic carbocycles. The van der Waals surface area contributed by atoms with Crippen molar-refractivity contribution in [1.82, 2.24) is 5.32 Å². The van der Waals surface area contributed by atoms with E-state index in [2.05, 4.69) is 19.2 Å². The predicted octanol–water partition coefficient (Wildman–Crippen LogP) is 5.28. The smallest absolute Gasteiger partial charge is 0.130 e. The molecule has 0 spiro atoms. The summed E-state index contributed by atoms with van der Waals surface area (Å²) < 4.78 is 27.4. The predicted molar refractivity (Wildman–Crippen MR) is 80.9 cm³/mol. The molecule has 0 fully saturated rings. The lowest BCUT2D eigenvalue weighted by Gasteiger charge is -2.20. The molecule has 0 aromatic heterocycles. The van der Waals surface area contributed by atoms with E-state index in [1.807, 2.05) is 0 Å². The van der Waals surface area contributed by atoms with Gasteiger partial charge in [-0.2, -0.15) is 0 Å². The number of nitrogens with one attached hydrogen (secondary N) is 1. The lowest BCUT2D eigenvalue weighted by Crippen LogP contribution is -2.23. The summed E-state index contributed by atoms with van der Waals surface area (Å²) >= 11 is 0. The lowest BCUT2D eigenvalue weighted by molar-refractivity contribution is 0.448. The minimum atomic E-state index is -0.466. The Morgan fingerprint density at radius 3 is 2.40 bits per heavy atom. The van der Waals surface area contributed by atoms with Crippen LogP contribution in [0.2, 0.25) is 0 Å². The summed E-state index contributed by atoms with van der Waals surface area (Å²) in [5.41, 5.74) is 1.12. The van der Waals surface area contributed by atoms with E-state index in [-0.39, 0.29) is 6.04 Å². The van der Waals surface area contributed by atoms with E-state index in [1.165, 1.54) is 19.3 Å². The lowest BCUT2D eigenvalue weighted by atomic mass is 9.97. The Hall–Kier alpha value is -0.960. The third-order valence-corrected chi connectivity index (χ3v) is 3.64. The van der Waals surface area contributed by atoms with Gasteiger partial charge in [-0.25, -0.2) is 8.78 Å². The van der Waals surface area contributed by atoms with Crippen LogP contribution in [-0.2, 0) is 0 Å². The monoisotopic (exact) mass is 283 g/mol. The minimum absolute atomic E-state index is 0.00824. The van der Waals surface area contributed by atoms with Crippen LogP contribution in [0, 0.1) is 18.6 Å². The van der Waals surface area contributed by atoms with Crippen molar-refractivity contribution >= 4 is 0 Å². The van der Waals surface area contributed by atoms with Gasteiger partial charge in [0.2, 0.25) is 0 Å². The standard InChI is InChI=1S/C17H27F2N/c1-4-6-7-8-9-17(20-10-5-2)14-11-13(3)15(18)12-16(14)19/h11-12,17,20H,4-10H2,1-3H3. The first-order chi connectivity index (χ1) is 9.60. The molecular formula is C17H27F2N. The van der Waals surface area contributed by atoms with Gasteiger partial charge in [0.05, 0.1) is 0 Å². The SMILES string of the molecule is CCCCCCC(NCCC)c1cc(C)c(F)cc1F. The van der Waals surface area contributed by atoms with Crippen LogP contribution in [0.25, 0.3) is 0 Å². The van der Waals surface area contributed by atoms with Crippen molar-refractivity contribution in [2.75, 3.05) is 6.54 Å². The van der Waals surface area contributed by atoms with Crippen molar-refractivity contribution < 1.29 is 8.78 Å². The second-order valence-electron chi connectivity index (χ2n) is 5.48. The molecule has 1 aromatic rings. The second kappa shape index (κ2) is 9.06. The number of hydrogen-bond donors (Lipinski definition) is 1. The molecule has 1 atom stereocenters. The van der Waals surface area contributed by atoms with Crippen LogP contribution in [0.5, 0.6) is 0 Å². The number of unbranched alkanes of at least 4 members (excludes halogenated alkanes) is 3. The Balaban J connectivity index is 2.78. The van der Waals surface area contributed by atoms with E-state index >= 15 is 0 Å². The highest BCUT2D eigenvalue weighted by atomic mass is 19.1. The first-order valence-electron chi connectivity index (χ1n) is 7.79. The molecule has 3 heteroatoms. The Morgan fingerprint density at radius 1 is 1.00 bits per heavy atom. The normalized spacial score (nSPS) is 12.7. The molecule has 1 rings (SSSR count). The fourth-order valence-electron chi connectivity index (χ4n) is 2.41. The molecule has 0 heterocycles. The zero-order valence-corrected chi connectivity index (χ0v) is 12.9. The number of halogens is 2. The van der Waals surface area contributed by atoms with Gasteiger partial charge in [0, 0.05) is 17.7 Å². The van der Waals surface area contributed by atoms with Gasteiger partial charge in [-0.3, -0.25) is 0 Å². The molecular weight excluding hydrogens is 256 g/mol. The fraction of sp³-hybridized carbons (Fsp3) is 0.647. The highest BCUT2D eigenvalue weighted by Gasteiger charge is 2.16. The van der Waals surface area contributed by atoms with Crippen LogP contribution in [0.4, 0.5) is 8.78 Å². The Bertz CT molecular complexity index is 404. The maximum atomic E-state index is 14.0. The van der Waals surface area contributed by atoms with E-state index < -0.39 is 11.6 Å². The highest BCUT2D eigenvalue weighted by molar-refractivity contribution is 5.28.